The van der Waals surface area contributed by atoms with Crippen LogP contribution in [0, 0.1) is 11.5 Å². The van der Waals surface area contributed by atoms with E-state index in [4.69, 9.17) is 12.0 Å². The molecular weight excluding hydrogens is 94.1 g/mol. The molecule has 4 heteroatoms. The summed E-state index contributed by atoms with van der Waals surface area (Å²) in [6.45, 7) is 6.03. The summed E-state index contributed by atoms with van der Waals surface area (Å²) >= 11 is 0. The van der Waals surface area contributed by atoms with Gasteiger partial charge in [-0.3, -0.25) is 5.87 Å². The molecule has 0 spiro atoms. The lowest BCUT2D eigenvalue weighted by molar-refractivity contribution is 1.43. The monoisotopic (exact) mass is 94.0 g/mol. The van der Waals surface area contributed by atoms with Gasteiger partial charge < -0.3 is 10.3 Å². The maximum atomic E-state index is 9.24. The number of hydrogen-bond acceptors (Lipinski definition) is 2. The first-order valence-corrected chi connectivity index (χ1v) is 1.33. The second-order valence-electron chi connectivity index (χ2n) is 0.639. The number of hydrogen-bond donors (Lipinski definition) is 0. The van der Waals surface area contributed by atoms with Crippen LogP contribution in [0.2, 0.25) is 0 Å². The Labute approximate surface area is 39.8 Å². The van der Waals surface area contributed by atoms with Gasteiger partial charge in [-0.05, 0) is 4.91 Å². The largest absolute Gasteiger partial charge is 0.774 e. The fourth-order valence-corrected chi connectivity index (χ4v) is 0.0658. The summed E-state index contributed by atoms with van der Waals surface area (Å²) in [6, 6.07) is 0. The molecular formula is C3N3O-. The van der Waals surface area contributed by atoms with Crippen LogP contribution in [0.3, 0.4) is 0 Å². The van der Waals surface area contributed by atoms with Crippen molar-refractivity contribution >= 4 is 5.87 Å². The highest BCUT2D eigenvalue weighted by atomic mass is 16.3. The molecule has 0 aliphatic rings. The van der Waals surface area contributed by atoms with Crippen LogP contribution in [-0.4, -0.2) is 5.87 Å². The quantitative estimate of drug-likeness (QED) is 0.268. The van der Waals surface area contributed by atoms with Gasteiger partial charge in [0.25, 0.3) is 0 Å². The lowest BCUT2D eigenvalue weighted by Gasteiger charge is -1.71. The van der Waals surface area contributed by atoms with Crippen LogP contribution >= 0.6 is 0 Å². The van der Waals surface area contributed by atoms with Crippen LogP contribution in [-0.2, 0) is 0 Å². The Morgan fingerprint density at radius 2 is 2.57 bits per heavy atom. The minimum absolute atomic E-state index is 0.653. The summed E-state index contributed by atoms with van der Waals surface area (Å²) < 4.78 is 0. The van der Waals surface area contributed by atoms with Crippen molar-refractivity contribution in [3.63, 3.8) is 0 Å². The van der Waals surface area contributed by atoms with E-state index in [-0.39, 0.29) is 0 Å². The molecule has 34 valence electrons. The van der Waals surface area contributed by atoms with E-state index in [1.165, 1.54) is 5.87 Å². The van der Waals surface area contributed by atoms with Crippen molar-refractivity contribution in [2.24, 2.45) is 5.18 Å². The van der Waals surface area contributed by atoms with Gasteiger partial charge in [0.15, 0.2) is 0 Å². The third kappa shape index (κ3) is 1.42. The van der Waals surface area contributed by atoms with Crippen molar-refractivity contribution < 1.29 is 0 Å². The number of nitroso groups, excluding NO2 is 1. The minimum Gasteiger partial charge on any atom is -0.774 e. The molecule has 0 aliphatic heterocycles. The maximum absolute atomic E-state index is 9.24. The predicted molar refractivity (Wildman–Crippen MR) is 24.3 cm³/mol. The average Bonchev–Trinajstić information content (AvgIpc) is 1.72. The van der Waals surface area contributed by atoms with Gasteiger partial charge in [-0.15, -0.1) is 0 Å². The Balaban J connectivity index is 4.24. The first kappa shape index (κ1) is 5.54. The van der Waals surface area contributed by atoms with Gasteiger partial charge in [0.2, 0.25) is 0 Å². The molecule has 0 aromatic heterocycles. The van der Waals surface area contributed by atoms with Crippen LogP contribution in [0.1, 0.15) is 0 Å². The molecule has 0 bridgehead atoms. The van der Waals surface area contributed by atoms with E-state index in [0.717, 1.165) is 0 Å². The summed E-state index contributed by atoms with van der Waals surface area (Å²) in [5, 5.41) is 9.81. The predicted octanol–water partition coefficient (Wildman–Crippen LogP) is 0.753. The van der Waals surface area contributed by atoms with Crippen LogP contribution in [0.5, 0.6) is 0 Å². The zero-order chi connectivity index (χ0) is 5.70. The zero-order valence-corrected chi connectivity index (χ0v) is 3.25. The highest BCUT2D eigenvalue weighted by Gasteiger charge is 1.82. The molecule has 0 heterocycles. The molecule has 4 nitrogen and oxygen atoms in total. The minimum atomic E-state index is -0.653. The molecule has 0 saturated heterocycles. The maximum Gasteiger partial charge on any atom is 0.340 e. The van der Waals surface area contributed by atoms with Gasteiger partial charge in [0, 0.05) is 0 Å². The van der Waals surface area contributed by atoms with Gasteiger partial charge in [0.05, 0.1) is 0 Å². The van der Waals surface area contributed by atoms with Crippen molar-refractivity contribution in [1.29, 1.82) is 0 Å². The van der Waals surface area contributed by atoms with Crippen molar-refractivity contribution in [2.45, 2.75) is 0 Å². The molecule has 0 aromatic rings. The number of nitrogens with zero attached hydrogens (tertiary/aromatic N) is 3. The second-order valence-corrected chi connectivity index (χ2v) is 0.639. The Morgan fingerprint density at radius 3 is 2.57 bits per heavy atom. The first-order chi connectivity index (χ1) is 3.35. The van der Waals surface area contributed by atoms with E-state index < -0.39 is 5.82 Å². The van der Waals surface area contributed by atoms with E-state index in [1.54, 1.807) is 0 Å². The van der Waals surface area contributed by atoms with Crippen molar-refractivity contribution in [1.82, 2.24) is 0 Å². The van der Waals surface area contributed by atoms with Crippen molar-refractivity contribution in [2.75, 3.05) is 0 Å². The van der Waals surface area contributed by atoms with E-state index in [9.17, 15) is 4.91 Å². The molecule has 0 unspecified atom stereocenters. The van der Waals surface area contributed by atoms with E-state index in [2.05, 4.69) is 10.0 Å². The van der Waals surface area contributed by atoms with Crippen LogP contribution < -0.4 is 0 Å². The summed E-state index contributed by atoms with van der Waals surface area (Å²) in [5.74, 6) is 0.632. The summed E-state index contributed by atoms with van der Waals surface area (Å²) in [5.41, 5.74) is 0. The van der Waals surface area contributed by atoms with Crippen LogP contribution in [0.4, 0.5) is 0 Å². The Morgan fingerprint density at radius 1 is 2.00 bits per heavy atom. The molecule has 0 amide bonds. The molecule has 0 N–H and O–H groups in total. The molecule has 0 atom stereocenters. The Kier molecular flexibility index (Phi) is 2.18. The highest BCUT2D eigenvalue weighted by Crippen LogP contribution is 1.86. The van der Waals surface area contributed by atoms with Gasteiger partial charge in [0.1, 0.15) is 5.18 Å². The fraction of sp³-hybridized carbons (Fsp3) is 0. The first-order valence-electron chi connectivity index (χ1n) is 1.33. The zero-order valence-electron chi connectivity index (χ0n) is 3.25. The molecule has 7 heavy (non-hydrogen) atoms. The topological polar surface area (TPSA) is 56.1 Å². The third-order valence-corrected chi connectivity index (χ3v) is 0.292. The standard InChI is InChI=1S/C3N3O/c1-5-3(2-4)6-7/q-1. The SMILES string of the molecule is [C-]#[N+]C(=C=[N-])N=O. The average molecular weight is 94.1 g/mol. The Bertz CT molecular complexity index is 160. The van der Waals surface area contributed by atoms with Gasteiger partial charge in [-0.25, -0.2) is 0 Å². The van der Waals surface area contributed by atoms with Gasteiger partial charge in [-0.1, -0.05) is 6.57 Å². The summed E-state index contributed by atoms with van der Waals surface area (Å²) in [6.07, 6.45) is 0. The summed E-state index contributed by atoms with van der Waals surface area (Å²) in [4.78, 5) is 11.7. The molecule has 0 aromatic carbocycles. The van der Waals surface area contributed by atoms with E-state index in [1.807, 2.05) is 0 Å². The normalized spacial score (nSPS) is 5.57. The molecule has 0 saturated carbocycles. The van der Waals surface area contributed by atoms with Gasteiger partial charge in [-0.2, -0.15) is 0 Å². The van der Waals surface area contributed by atoms with E-state index in [0.29, 0.717) is 0 Å². The molecule has 0 radical (unpaired) electrons. The van der Waals surface area contributed by atoms with Gasteiger partial charge >= 0.3 is 5.82 Å². The van der Waals surface area contributed by atoms with Crippen molar-refractivity contribution in [3.8, 4) is 0 Å². The third-order valence-electron chi connectivity index (χ3n) is 0.292. The summed E-state index contributed by atoms with van der Waals surface area (Å²) in [7, 11) is 0. The fourth-order valence-electron chi connectivity index (χ4n) is 0.0658. The molecule has 0 fully saturated rings. The second kappa shape index (κ2) is 2.76. The Hall–Kier alpha value is -1.46. The van der Waals surface area contributed by atoms with E-state index >= 15 is 0 Å². The molecule has 0 rings (SSSR count). The smallest absolute Gasteiger partial charge is 0.340 e. The highest BCUT2D eigenvalue weighted by molar-refractivity contribution is 5.62. The van der Waals surface area contributed by atoms with Crippen LogP contribution in [0.15, 0.2) is 11.0 Å². The number of rotatable bonds is 1. The molecule has 0 aliphatic carbocycles. The van der Waals surface area contributed by atoms with Crippen LogP contribution in [0.25, 0.3) is 10.3 Å². The van der Waals surface area contributed by atoms with Crippen molar-refractivity contribution in [3.05, 3.63) is 27.6 Å². The lowest BCUT2D eigenvalue weighted by atomic mass is 10.8. The lowest BCUT2D eigenvalue weighted by Crippen LogP contribution is -1.59.